The van der Waals surface area contributed by atoms with E-state index in [0.717, 1.165) is 0 Å². The van der Waals surface area contributed by atoms with Crippen molar-refractivity contribution in [3.05, 3.63) is 53.6 Å². The number of para-hydroxylation sites is 2. The van der Waals surface area contributed by atoms with Crippen molar-refractivity contribution in [2.24, 2.45) is 0 Å². The number of amides is 2. The van der Waals surface area contributed by atoms with Gasteiger partial charge >= 0.3 is 12.0 Å². The Balaban J connectivity index is 1.70. The molecule has 6 heteroatoms. The smallest absolute Gasteiger partial charge is 0.327 e. The molecule has 0 aliphatic carbocycles. The second-order valence-corrected chi connectivity index (χ2v) is 4.51. The number of fused-ring (bicyclic) bond motifs is 1. The average Bonchev–Trinajstić information content (AvgIpc) is 2.83. The second-order valence-electron chi connectivity index (χ2n) is 4.07. The number of nitrogens with zero attached hydrogens (tertiary/aromatic N) is 1. The summed E-state index contributed by atoms with van der Waals surface area (Å²) in [6.45, 7) is 0. The van der Waals surface area contributed by atoms with E-state index in [4.69, 9.17) is 16.0 Å². The van der Waals surface area contributed by atoms with Gasteiger partial charge in [0, 0.05) is 10.7 Å². The van der Waals surface area contributed by atoms with Crippen molar-refractivity contribution >= 4 is 40.4 Å². The summed E-state index contributed by atoms with van der Waals surface area (Å²) in [6.07, 6.45) is 0. The molecule has 0 unspecified atom stereocenters. The third kappa shape index (κ3) is 2.73. The number of rotatable bonds is 2. The molecule has 0 saturated heterocycles. The standard InChI is InChI=1S/C14H10ClN3O2/c15-9-5-7-10(8-6-9)16-13(19)18-14-17-11-3-1-2-4-12(11)20-14/h1-8H,(H2,16,17,18,19). The van der Waals surface area contributed by atoms with Crippen LogP contribution in [-0.2, 0) is 0 Å². The summed E-state index contributed by atoms with van der Waals surface area (Å²) in [4.78, 5) is 15.9. The average molecular weight is 288 g/mol. The zero-order valence-corrected chi connectivity index (χ0v) is 11.0. The van der Waals surface area contributed by atoms with Crippen LogP contribution in [0.15, 0.2) is 52.9 Å². The molecule has 0 aliphatic rings. The first-order valence-electron chi connectivity index (χ1n) is 5.90. The Morgan fingerprint density at radius 3 is 2.55 bits per heavy atom. The molecule has 3 rings (SSSR count). The van der Waals surface area contributed by atoms with Gasteiger partial charge in [-0.1, -0.05) is 23.7 Å². The molecule has 1 aromatic heterocycles. The highest BCUT2D eigenvalue weighted by Crippen LogP contribution is 2.18. The Morgan fingerprint density at radius 1 is 1.05 bits per heavy atom. The highest BCUT2D eigenvalue weighted by atomic mass is 35.5. The minimum Gasteiger partial charge on any atom is -0.423 e. The molecule has 0 radical (unpaired) electrons. The Bertz CT molecular complexity index is 719. The number of benzene rings is 2. The van der Waals surface area contributed by atoms with Crippen molar-refractivity contribution < 1.29 is 9.21 Å². The van der Waals surface area contributed by atoms with Crippen molar-refractivity contribution in [3.63, 3.8) is 0 Å². The third-order valence-electron chi connectivity index (χ3n) is 2.62. The van der Waals surface area contributed by atoms with Gasteiger partial charge in [0.05, 0.1) is 0 Å². The Labute approximate surface area is 119 Å². The summed E-state index contributed by atoms with van der Waals surface area (Å²) < 4.78 is 5.39. The molecule has 0 atom stereocenters. The fourth-order valence-corrected chi connectivity index (χ4v) is 1.84. The maximum absolute atomic E-state index is 11.8. The number of hydrogen-bond acceptors (Lipinski definition) is 3. The van der Waals surface area contributed by atoms with Crippen molar-refractivity contribution in [1.29, 1.82) is 0 Å². The molecule has 0 bridgehead atoms. The van der Waals surface area contributed by atoms with E-state index in [9.17, 15) is 4.79 Å². The van der Waals surface area contributed by atoms with Gasteiger partial charge in [0.15, 0.2) is 5.58 Å². The molecule has 3 aromatic rings. The quantitative estimate of drug-likeness (QED) is 0.745. The maximum Gasteiger partial charge on any atom is 0.327 e. The van der Waals surface area contributed by atoms with Crippen LogP contribution in [0.3, 0.4) is 0 Å². The van der Waals surface area contributed by atoms with E-state index in [2.05, 4.69) is 15.6 Å². The van der Waals surface area contributed by atoms with E-state index in [-0.39, 0.29) is 6.01 Å². The summed E-state index contributed by atoms with van der Waals surface area (Å²) in [6, 6.07) is 13.8. The summed E-state index contributed by atoms with van der Waals surface area (Å²) >= 11 is 5.77. The highest BCUT2D eigenvalue weighted by molar-refractivity contribution is 6.30. The lowest BCUT2D eigenvalue weighted by Crippen LogP contribution is -2.19. The molecule has 2 aromatic carbocycles. The molecule has 0 fully saturated rings. The van der Waals surface area contributed by atoms with E-state index in [0.29, 0.717) is 21.8 Å². The van der Waals surface area contributed by atoms with Gasteiger partial charge in [-0.05, 0) is 36.4 Å². The number of anilines is 2. The van der Waals surface area contributed by atoms with Crippen LogP contribution in [0.4, 0.5) is 16.5 Å². The molecule has 0 aliphatic heterocycles. The molecule has 0 saturated carbocycles. The summed E-state index contributed by atoms with van der Waals surface area (Å²) in [7, 11) is 0. The summed E-state index contributed by atoms with van der Waals surface area (Å²) in [5, 5.41) is 5.79. The number of hydrogen-bond donors (Lipinski definition) is 2. The number of nitrogens with one attached hydrogen (secondary N) is 2. The molecule has 2 N–H and O–H groups in total. The number of carbonyl (C=O) groups excluding carboxylic acids is 1. The number of halogens is 1. The van der Waals surface area contributed by atoms with Gasteiger partial charge in [0.1, 0.15) is 5.52 Å². The zero-order valence-electron chi connectivity index (χ0n) is 10.3. The Morgan fingerprint density at radius 2 is 1.80 bits per heavy atom. The maximum atomic E-state index is 11.8. The van der Waals surface area contributed by atoms with Crippen LogP contribution in [0.2, 0.25) is 5.02 Å². The Hall–Kier alpha value is -2.53. The fourth-order valence-electron chi connectivity index (χ4n) is 1.72. The van der Waals surface area contributed by atoms with E-state index >= 15 is 0 Å². The van der Waals surface area contributed by atoms with Gasteiger partial charge in [-0.25, -0.2) is 4.79 Å². The number of oxazole rings is 1. The molecule has 20 heavy (non-hydrogen) atoms. The highest BCUT2D eigenvalue weighted by Gasteiger charge is 2.08. The molecule has 0 spiro atoms. The lowest BCUT2D eigenvalue weighted by molar-refractivity contribution is 0.261. The minimum atomic E-state index is -0.432. The van der Waals surface area contributed by atoms with Gasteiger partial charge in [-0.15, -0.1) is 0 Å². The first-order valence-corrected chi connectivity index (χ1v) is 6.28. The predicted octanol–water partition coefficient (Wildman–Crippen LogP) is 4.13. The lowest BCUT2D eigenvalue weighted by Gasteiger charge is -2.04. The van der Waals surface area contributed by atoms with Crippen molar-refractivity contribution in [1.82, 2.24) is 4.98 Å². The van der Waals surface area contributed by atoms with E-state index in [1.165, 1.54) is 0 Å². The van der Waals surface area contributed by atoms with Gasteiger partial charge in [-0.3, -0.25) is 5.32 Å². The molecular formula is C14H10ClN3O2. The lowest BCUT2D eigenvalue weighted by atomic mass is 10.3. The van der Waals surface area contributed by atoms with Crippen LogP contribution >= 0.6 is 11.6 Å². The minimum absolute atomic E-state index is 0.151. The third-order valence-corrected chi connectivity index (χ3v) is 2.87. The van der Waals surface area contributed by atoms with Crippen LogP contribution < -0.4 is 10.6 Å². The van der Waals surface area contributed by atoms with Crippen LogP contribution in [0, 0.1) is 0 Å². The fraction of sp³-hybridized carbons (Fsp3) is 0. The van der Waals surface area contributed by atoms with E-state index < -0.39 is 6.03 Å². The van der Waals surface area contributed by atoms with Crippen molar-refractivity contribution in [2.75, 3.05) is 10.6 Å². The van der Waals surface area contributed by atoms with E-state index in [1.807, 2.05) is 12.1 Å². The first kappa shape index (κ1) is 12.5. The predicted molar refractivity (Wildman–Crippen MR) is 78.1 cm³/mol. The monoisotopic (exact) mass is 287 g/mol. The molecule has 100 valence electrons. The van der Waals surface area contributed by atoms with Gasteiger partial charge in [0.2, 0.25) is 0 Å². The van der Waals surface area contributed by atoms with Crippen LogP contribution in [0.1, 0.15) is 0 Å². The SMILES string of the molecule is O=C(Nc1ccc(Cl)cc1)Nc1nc2ccccc2o1. The summed E-state index contributed by atoms with van der Waals surface area (Å²) in [5.41, 5.74) is 1.94. The number of carbonyl (C=O) groups is 1. The Kier molecular flexibility index (Phi) is 3.26. The van der Waals surface area contributed by atoms with Gasteiger partial charge in [-0.2, -0.15) is 4.98 Å². The molecule has 1 heterocycles. The largest absolute Gasteiger partial charge is 0.423 e. The van der Waals surface area contributed by atoms with Crippen molar-refractivity contribution in [2.45, 2.75) is 0 Å². The van der Waals surface area contributed by atoms with Crippen LogP contribution in [0.25, 0.3) is 11.1 Å². The molecule has 2 amide bonds. The summed E-state index contributed by atoms with van der Waals surface area (Å²) in [5.74, 6) is 0. The van der Waals surface area contributed by atoms with E-state index in [1.54, 1.807) is 36.4 Å². The molecular weight excluding hydrogens is 278 g/mol. The number of urea groups is 1. The zero-order chi connectivity index (χ0) is 13.9. The number of aromatic nitrogens is 1. The topological polar surface area (TPSA) is 67.2 Å². The van der Waals surface area contributed by atoms with Crippen LogP contribution in [-0.4, -0.2) is 11.0 Å². The van der Waals surface area contributed by atoms with Crippen molar-refractivity contribution in [3.8, 4) is 0 Å². The van der Waals surface area contributed by atoms with Crippen LogP contribution in [0.5, 0.6) is 0 Å². The second kappa shape index (κ2) is 5.22. The van der Waals surface area contributed by atoms with Gasteiger partial charge < -0.3 is 9.73 Å². The molecule has 5 nitrogen and oxygen atoms in total. The normalized spacial score (nSPS) is 10.4. The van der Waals surface area contributed by atoms with Gasteiger partial charge in [0.25, 0.3) is 0 Å². The first-order chi connectivity index (χ1) is 9.70.